The number of amides is 1. The van der Waals surface area contributed by atoms with Gasteiger partial charge in [-0.15, -0.1) is 0 Å². The first-order chi connectivity index (χ1) is 8.88. The summed E-state index contributed by atoms with van der Waals surface area (Å²) in [4.78, 5) is 32.7. The number of carboxylic acid groups (broad SMARTS) is 2. The summed E-state index contributed by atoms with van der Waals surface area (Å²) >= 11 is 0. The molecule has 0 aliphatic carbocycles. The quantitative estimate of drug-likeness (QED) is 0.331. The minimum atomic E-state index is -1.11. The van der Waals surface area contributed by atoms with E-state index in [9.17, 15) is 14.4 Å². The maximum atomic E-state index is 11.3. The lowest BCUT2D eigenvalue weighted by molar-refractivity contribution is -0.141. The molecule has 19 heavy (non-hydrogen) atoms. The molecular formula is C10H18N2O5S2. The second-order valence-electron chi connectivity index (χ2n) is 3.72. The first-order valence-corrected chi connectivity index (χ1v) is 8.12. The molecule has 110 valence electrons. The number of aliphatic carboxylic acids is 2. The number of rotatable bonds is 10. The number of nitrogens with one attached hydrogen (secondary N) is 1. The van der Waals surface area contributed by atoms with Crippen LogP contribution in [0.4, 0.5) is 0 Å². The Balaban J connectivity index is 3.99. The van der Waals surface area contributed by atoms with Gasteiger partial charge in [0, 0.05) is 17.9 Å². The third-order valence-corrected chi connectivity index (χ3v) is 4.44. The molecule has 0 aromatic heterocycles. The Labute approximate surface area is 119 Å². The van der Waals surface area contributed by atoms with E-state index >= 15 is 0 Å². The molecule has 0 aliphatic heterocycles. The van der Waals surface area contributed by atoms with Crippen molar-refractivity contribution in [2.24, 2.45) is 5.73 Å². The van der Waals surface area contributed by atoms with E-state index in [4.69, 9.17) is 15.9 Å². The molecule has 0 radical (unpaired) electrons. The van der Waals surface area contributed by atoms with Crippen molar-refractivity contribution in [3.63, 3.8) is 0 Å². The van der Waals surface area contributed by atoms with Crippen LogP contribution in [0, 0.1) is 0 Å². The molecule has 0 aromatic rings. The lowest BCUT2D eigenvalue weighted by atomic mass is 10.3. The Hall–Kier alpha value is -0.930. The van der Waals surface area contributed by atoms with Gasteiger partial charge in [-0.05, 0) is 6.42 Å². The van der Waals surface area contributed by atoms with Crippen LogP contribution in [0.15, 0.2) is 0 Å². The van der Waals surface area contributed by atoms with E-state index in [1.54, 1.807) is 0 Å². The second kappa shape index (κ2) is 9.93. The number of hydrogen-bond donors (Lipinski definition) is 4. The lowest BCUT2D eigenvalue weighted by Crippen LogP contribution is -2.42. The Bertz CT molecular complexity index is 327. The van der Waals surface area contributed by atoms with Crippen LogP contribution >= 0.6 is 21.6 Å². The fourth-order valence-electron chi connectivity index (χ4n) is 0.977. The molecule has 0 unspecified atom stereocenters. The molecule has 0 saturated heterocycles. The summed E-state index contributed by atoms with van der Waals surface area (Å²) in [6, 6.07) is -1.95. The highest BCUT2D eigenvalue weighted by Crippen LogP contribution is 2.22. The van der Waals surface area contributed by atoms with Gasteiger partial charge in [0.1, 0.15) is 12.1 Å². The van der Waals surface area contributed by atoms with Gasteiger partial charge in [-0.3, -0.25) is 9.59 Å². The maximum absolute atomic E-state index is 11.3. The Morgan fingerprint density at radius 3 is 2.21 bits per heavy atom. The fourth-order valence-corrected chi connectivity index (χ4v) is 3.25. The van der Waals surface area contributed by atoms with E-state index in [1.165, 1.54) is 21.6 Å². The van der Waals surface area contributed by atoms with Gasteiger partial charge in [-0.2, -0.15) is 0 Å². The molecule has 9 heteroatoms. The largest absolute Gasteiger partial charge is 0.480 e. The number of nitrogens with two attached hydrogens (primary N) is 1. The van der Waals surface area contributed by atoms with Crippen molar-refractivity contribution in [2.75, 3.05) is 11.5 Å². The van der Waals surface area contributed by atoms with Gasteiger partial charge >= 0.3 is 11.9 Å². The third-order valence-electron chi connectivity index (χ3n) is 1.99. The highest BCUT2D eigenvalue weighted by Gasteiger charge is 2.20. The van der Waals surface area contributed by atoms with E-state index in [0.717, 1.165) is 0 Å². The van der Waals surface area contributed by atoms with Crippen LogP contribution in [0.2, 0.25) is 0 Å². The van der Waals surface area contributed by atoms with Crippen molar-refractivity contribution in [2.45, 2.75) is 31.8 Å². The van der Waals surface area contributed by atoms with Crippen molar-refractivity contribution < 1.29 is 24.6 Å². The monoisotopic (exact) mass is 310 g/mol. The topological polar surface area (TPSA) is 130 Å². The highest BCUT2D eigenvalue weighted by molar-refractivity contribution is 8.76. The fraction of sp³-hybridized carbons (Fsp3) is 0.700. The predicted octanol–water partition coefficient (Wildman–Crippen LogP) is 0.149. The lowest BCUT2D eigenvalue weighted by Gasteiger charge is -2.13. The Kier molecular flexibility index (Phi) is 9.44. The van der Waals surface area contributed by atoms with Crippen LogP contribution < -0.4 is 11.1 Å². The first kappa shape index (κ1) is 18.1. The SMILES string of the molecule is CCCC(=O)N[C@@H](CSSC[C@H](N)C(=O)O)C(=O)O. The van der Waals surface area contributed by atoms with Crippen molar-refractivity contribution in [1.82, 2.24) is 5.32 Å². The molecule has 0 saturated carbocycles. The molecule has 0 bridgehead atoms. The number of carbonyl (C=O) groups excluding carboxylic acids is 1. The number of carboxylic acids is 2. The van der Waals surface area contributed by atoms with E-state index in [2.05, 4.69) is 5.32 Å². The van der Waals surface area contributed by atoms with Crippen molar-refractivity contribution in [3.05, 3.63) is 0 Å². The van der Waals surface area contributed by atoms with Gasteiger partial charge in [-0.25, -0.2) is 4.79 Å². The minimum absolute atomic E-state index is 0.155. The highest BCUT2D eigenvalue weighted by atomic mass is 33.1. The van der Waals surface area contributed by atoms with Crippen LogP contribution in [0.25, 0.3) is 0 Å². The summed E-state index contributed by atoms with van der Waals surface area (Å²) in [5.41, 5.74) is 5.29. The van der Waals surface area contributed by atoms with Crippen LogP contribution in [0.3, 0.4) is 0 Å². The molecule has 2 atom stereocenters. The smallest absolute Gasteiger partial charge is 0.327 e. The third kappa shape index (κ3) is 8.73. The summed E-state index contributed by atoms with van der Waals surface area (Å²) in [5, 5.41) is 19.9. The minimum Gasteiger partial charge on any atom is -0.480 e. The van der Waals surface area contributed by atoms with Gasteiger partial charge in [0.15, 0.2) is 0 Å². The predicted molar refractivity (Wildman–Crippen MR) is 75.0 cm³/mol. The molecule has 0 aliphatic rings. The summed E-state index contributed by atoms with van der Waals surface area (Å²) in [6.07, 6.45) is 0.930. The van der Waals surface area contributed by atoms with Crippen LogP contribution in [-0.4, -0.2) is 51.6 Å². The maximum Gasteiger partial charge on any atom is 0.327 e. The van der Waals surface area contributed by atoms with Crippen molar-refractivity contribution >= 4 is 39.4 Å². The van der Waals surface area contributed by atoms with Gasteiger partial charge in [0.25, 0.3) is 0 Å². The zero-order valence-electron chi connectivity index (χ0n) is 10.5. The zero-order chi connectivity index (χ0) is 14.8. The van der Waals surface area contributed by atoms with E-state index < -0.39 is 24.0 Å². The average molecular weight is 310 g/mol. The van der Waals surface area contributed by atoms with Crippen LogP contribution in [-0.2, 0) is 14.4 Å². The molecule has 1 amide bonds. The summed E-state index contributed by atoms with van der Waals surface area (Å²) < 4.78 is 0. The molecule has 0 heterocycles. The van der Waals surface area contributed by atoms with Crippen LogP contribution in [0.1, 0.15) is 19.8 Å². The van der Waals surface area contributed by atoms with E-state index in [0.29, 0.717) is 6.42 Å². The van der Waals surface area contributed by atoms with E-state index in [-0.39, 0.29) is 23.8 Å². The molecular weight excluding hydrogens is 292 g/mol. The average Bonchev–Trinajstić information content (AvgIpc) is 2.32. The Morgan fingerprint density at radius 1 is 1.16 bits per heavy atom. The molecule has 0 rings (SSSR count). The summed E-state index contributed by atoms with van der Waals surface area (Å²) in [5.74, 6) is -2.18. The van der Waals surface area contributed by atoms with E-state index in [1.807, 2.05) is 6.92 Å². The first-order valence-electron chi connectivity index (χ1n) is 5.63. The number of carbonyl (C=O) groups is 3. The molecule has 5 N–H and O–H groups in total. The van der Waals surface area contributed by atoms with Crippen molar-refractivity contribution in [3.8, 4) is 0 Å². The zero-order valence-corrected chi connectivity index (χ0v) is 12.1. The standard InChI is InChI=1S/C10H18N2O5S2/c1-2-3-8(13)12-7(10(16)17)5-19-18-4-6(11)9(14)15/h6-7H,2-5,11H2,1H3,(H,12,13)(H,14,15)(H,16,17)/t6-,7-/m0/s1. The van der Waals surface area contributed by atoms with Gasteiger partial charge in [0.2, 0.25) is 5.91 Å². The Morgan fingerprint density at radius 2 is 1.74 bits per heavy atom. The van der Waals surface area contributed by atoms with Gasteiger partial charge in [-0.1, -0.05) is 28.5 Å². The normalized spacial score (nSPS) is 13.6. The molecule has 7 nitrogen and oxygen atoms in total. The molecule has 0 spiro atoms. The van der Waals surface area contributed by atoms with Gasteiger partial charge in [0.05, 0.1) is 0 Å². The van der Waals surface area contributed by atoms with Crippen LogP contribution in [0.5, 0.6) is 0 Å². The summed E-state index contributed by atoms with van der Waals surface area (Å²) in [7, 11) is 2.35. The number of hydrogen-bond acceptors (Lipinski definition) is 6. The summed E-state index contributed by atoms with van der Waals surface area (Å²) in [6.45, 7) is 1.83. The van der Waals surface area contributed by atoms with Gasteiger partial charge < -0.3 is 21.3 Å². The molecule has 0 fully saturated rings. The second-order valence-corrected chi connectivity index (χ2v) is 6.27. The van der Waals surface area contributed by atoms with Crippen molar-refractivity contribution in [1.29, 1.82) is 0 Å². The molecule has 0 aromatic carbocycles.